The maximum absolute atomic E-state index is 13.1. The fourth-order valence-electron chi connectivity index (χ4n) is 3.32. The molecule has 2 aromatic carbocycles. The van der Waals surface area contributed by atoms with Crippen LogP contribution in [0, 0.1) is 15.5 Å². The van der Waals surface area contributed by atoms with Gasteiger partial charge in [0.25, 0.3) is 5.69 Å². The third-order valence-corrected chi connectivity index (χ3v) is 6.51. The van der Waals surface area contributed by atoms with E-state index in [2.05, 4.69) is 0 Å². The van der Waals surface area contributed by atoms with Crippen LogP contribution in [0.3, 0.4) is 0 Å². The van der Waals surface area contributed by atoms with E-state index in [1.165, 1.54) is 6.07 Å². The van der Waals surface area contributed by atoms with E-state index in [4.69, 9.17) is 0 Å². The summed E-state index contributed by atoms with van der Waals surface area (Å²) in [6.07, 6.45) is 2.74. The van der Waals surface area contributed by atoms with Crippen molar-refractivity contribution in [2.45, 2.75) is 24.6 Å². The second-order valence-electron chi connectivity index (χ2n) is 6.79. The van der Waals surface area contributed by atoms with Crippen molar-refractivity contribution in [1.82, 2.24) is 0 Å². The summed E-state index contributed by atoms with van der Waals surface area (Å²) in [5, 5.41) is 10.9. The molecule has 5 nitrogen and oxygen atoms in total. The average Bonchev–Trinajstić information content (AvgIpc) is 3.40. The van der Waals surface area contributed by atoms with Crippen LogP contribution in [0.5, 0.6) is 0 Å². The number of nitrogens with zero attached hydrogens (tertiary/aromatic N) is 2. The van der Waals surface area contributed by atoms with Crippen molar-refractivity contribution < 1.29 is 9.72 Å². The van der Waals surface area contributed by atoms with Crippen molar-refractivity contribution >= 4 is 29.0 Å². The Morgan fingerprint density at radius 2 is 1.88 bits per heavy atom. The highest BCUT2D eigenvalue weighted by atomic mass is 32.2. The molecule has 0 radical (unpaired) electrons. The van der Waals surface area contributed by atoms with Crippen molar-refractivity contribution in [2.75, 3.05) is 10.7 Å². The monoisotopic (exact) mass is 354 g/mol. The molecule has 2 aliphatic rings. The standard InChI is InChI=1S/C19H18N2O3S/c22-17-12-19(9-10-19)13-25-18(20(17)15-6-2-1-3-7-15)14-5-4-8-16(11-14)21(23)24/h1-8,11,18H,9-10,12-13H2. The second kappa shape index (κ2) is 6.19. The zero-order valence-corrected chi connectivity index (χ0v) is 14.4. The number of hydrogen-bond acceptors (Lipinski definition) is 4. The van der Waals surface area contributed by atoms with E-state index in [1.807, 2.05) is 41.3 Å². The van der Waals surface area contributed by atoms with Gasteiger partial charge in [0.15, 0.2) is 0 Å². The van der Waals surface area contributed by atoms with E-state index in [9.17, 15) is 14.9 Å². The summed E-state index contributed by atoms with van der Waals surface area (Å²) >= 11 is 1.72. The predicted octanol–water partition coefficient (Wildman–Crippen LogP) is 4.54. The number of hydrogen-bond donors (Lipinski definition) is 0. The number of carbonyl (C=O) groups excluding carboxylic acids is 1. The molecule has 0 aromatic heterocycles. The molecule has 2 fully saturated rings. The largest absolute Gasteiger partial charge is 0.296 e. The maximum atomic E-state index is 13.1. The predicted molar refractivity (Wildman–Crippen MR) is 98.5 cm³/mol. The molecule has 1 saturated heterocycles. The first-order valence-electron chi connectivity index (χ1n) is 8.31. The summed E-state index contributed by atoms with van der Waals surface area (Å²) in [5.41, 5.74) is 1.83. The lowest BCUT2D eigenvalue weighted by atomic mass is 10.0. The van der Waals surface area contributed by atoms with E-state index in [1.54, 1.807) is 23.9 Å². The Morgan fingerprint density at radius 1 is 1.12 bits per heavy atom. The van der Waals surface area contributed by atoms with Crippen LogP contribution in [-0.4, -0.2) is 16.6 Å². The van der Waals surface area contributed by atoms with Crippen LogP contribution in [0.15, 0.2) is 54.6 Å². The van der Waals surface area contributed by atoms with Crippen LogP contribution in [-0.2, 0) is 4.79 Å². The van der Waals surface area contributed by atoms with Gasteiger partial charge in [-0.15, -0.1) is 11.8 Å². The summed E-state index contributed by atoms with van der Waals surface area (Å²) in [6.45, 7) is 0. The normalized spacial score (nSPS) is 21.8. The van der Waals surface area contributed by atoms with Gasteiger partial charge in [0.1, 0.15) is 5.37 Å². The Bertz CT molecular complexity index is 820. The number of thioether (sulfide) groups is 1. The summed E-state index contributed by atoms with van der Waals surface area (Å²) in [6, 6.07) is 16.2. The van der Waals surface area contributed by atoms with Gasteiger partial charge in [-0.2, -0.15) is 0 Å². The molecule has 1 amide bonds. The number of rotatable bonds is 3. The van der Waals surface area contributed by atoms with Gasteiger partial charge in [0, 0.05) is 30.0 Å². The Morgan fingerprint density at radius 3 is 2.56 bits per heavy atom. The Labute approximate surface area is 150 Å². The molecule has 0 bridgehead atoms. The molecular weight excluding hydrogens is 336 g/mol. The van der Waals surface area contributed by atoms with Crippen molar-refractivity contribution in [3.8, 4) is 0 Å². The van der Waals surface area contributed by atoms with E-state index in [0.717, 1.165) is 29.8 Å². The molecular formula is C19H18N2O3S. The SMILES string of the molecule is O=C1CC2(CC2)CSC(c2cccc([N+](=O)[O-])c2)N1c1ccccc1. The third kappa shape index (κ3) is 3.14. The van der Waals surface area contributed by atoms with E-state index in [0.29, 0.717) is 6.42 Å². The quantitative estimate of drug-likeness (QED) is 0.599. The molecule has 1 aliphatic carbocycles. The number of anilines is 1. The molecule has 1 spiro atoms. The van der Waals surface area contributed by atoms with Crippen molar-refractivity contribution in [2.24, 2.45) is 5.41 Å². The lowest BCUT2D eigenvalue weighted by Gasteiger charge is -2.30. The molecule has 1 heterocycles. The number of para-hydroxylation sites is 1. The highest BCUT2D eigenvalue weighted by molar-refractivity contribution is 7.99. The Balaban J connectivity index is 1.77. The van der Waals surface area contributed by atoms with Crippen LogP contribution >= 0.6 is 11.8 Å². The molecule has 2 aromatic rings. The molecule has 0 N–H and O–H groups in total. The van der Waals surface area contributed by atoms with Gasteiger partial charge in [-0.1, -0.05) is 30.3 Å². The average molecular weight is 354 g/mol. The lowest BCUT2D eigenvalue weighted by molar-refractivity contribution is -0.384. The first kappa shape index (κ1) is 16.1. The minimum Gasteiger partial charge on any atom is -0.296 e. The van der Waals surface area contributed by atoms with E-state index < -0.39 is 0 Å². The molecule has 128 valence electrons. The number of carbonyl (C=O) groups is 1. The summed E-state index contributed by atoms with van der Waals surface area (Å²) in [7, 11) is 0. The van der Waals surface area contributed by atoms with Crippen molar-refractivity contribution in [3.05, 3.63) is 70.3 Å². The number of nitro groups is 1. The third-order valence-electron chi connectivity index (χ3n) is 4.93. The molecule has 1 saturated carbocycles. The number of benzene rings is 2. The molecule has 1 unspecified atom stereocenters. The maximum Gasteiger partial charge on any atom is 0.269 e. The minimum absolute atomic E-state index is 0.0592. The number of amides is 1. The topological polar surface area (TPSA) is 63.4 Å². The van der Waals surface area contributed by atoms with Crippen LogP contribution in [0.25, 0.3) is 0 Å². The molecule has 1 atom stereocenters. The highest BCUT2D eigenvalue weighted by Crippen LogP contribution is 2.56. The highest BCUT2D eigenvalue weighted by Gasteiger charge is 2.49. The summed E-state index contributed by atoms with van der Waals surface area (Å²) in [4.78, 5) is 25.6. The first-order chi connectivity index (χ1) is 12.1. The first-order valence-corrected chi connectivity index (χ1v) is 9.36. The molecule has 6 heteroatoms. The molecule has 1 aliphatic heterocycles. The fraction of sp³-hybridized carbons (Fsp3) is 0.316. The van der Waals surface area contributed by atoms with Gasteiger partial charge in [-0.05, 0) is 36.0 Å². The van der Waals surface area contributed by atoms with Crippen LogP contribution in [0.4, 0.5) is 11.4 Å². The zero-order chi connectivity index (χ0) is 17.4. The number of nitro benzene ring substituents is 1. The van der Waals surface area contributed by atoms with Gasteiger partial charge in [-0.3, -0.25) is 19.8 Å². The summed E-state index contributed by atoms with van der Waals surface area (Å²) in [5.74, 6) is 1.01. The minimum atomic E-state index is -0.387. The van der Waals surface area contributed by atoms with Crippen LogP contribution in [0.1, 0.15) is 30.2 Å². The van der Waals surface area contributed by atoms with Gasteiger partial charge in [-0.25, -0.2) is 0 Å². The van der Waals surface area contributed by atoms with Gasteiger partial charge < -0.3 is 0 Å². The second-order valence-corrected chi connectivity index (χ2v) is 7.86. The van der Waals surface area contributed by atoms with Crippen molar-refractivity contribution in [1.29, 1.82) is 0 Å². The molecule has 25 heavy (non-hydrogen) atoms. The molecule has 4 rings (SSSR count). The number of non-ortho nitro benzene ring substituents is 1. The van der Waals surface area contributed by atoms with Crippen LogP contribution in [0.2, 0.25) is 0 Å². The van der Waals surface area contributed by atoms with Gasteiger partial charge in [0.05, 0.1) is 4.92 Å². The Kier molecular flexibility index (Phi) is 4.00. The van der Waals surface area contributed by atoms with Crippen molar-refractivity contribution in [3.63, 3.8) is 0 Å². The van der Waals surface area contributed by atoms with Crippen LogP contribution < -0.4 is 4.90 Å². The van der Waals surface area contributed by atoms with Gasteiger partial charge in [0.2, 0.25) is 5.91 Å². The van der Waals surface area contributed by atoms with E-state index >= 15 is 0 Å². The smallest absolute Gasteiger partial charge is 0.269 e. The fourth-order valence-corrected chi connectivity index (χ4v) is 4.95. The van der Waals surface area contributed by atoms with Gasteiger partial charge >= 0.3 is 0 Å². The lowest BCUT2D eigenvalue weighted by Crippen LogP contribution is -2.32. The summed E-state index contributed by atoms with van der Waals surface area (Å²) < 4.78 is 0. The van der Waals surface area contributed by atoms with E-state index in [-0.39, 0.29) is 27.3 Å². The Hall–Kier alpha value is -2.34. The zero-order valence-electron chi connectivity index (χ0n) is 13.6.